The lowest BCUT2D eigenvalue weighted by molar-refractivity contribution is -0.140. The molecule has 0 aliphatic carbocycles. The number of aromatic nitrogens is 1. The Morgan fingerprint density at radius 1 is 1.36 bits per heavy atom. The van der Waals surface area contributed by atoms with E-state index in [0.29, 0.717) is 35.1 Å². The van der Waals surface area contributed by atoms with Gasteiger partial charge in [-0.2, -0.15) is 9.64 Å². The molecule has 0 atom stereocenters. The molecular weight excluding hydrogens is 338 g/mol. The lowest BCUT2D eigenvalue weighted by Gasteiger charge is -2.22. The summed E-state index contributed by atoms with van der Waals surface area (Å²) in [4.78, 5) is 12.9. The fourth-order valence-electron chi connectivity index (χ4n) is 2.16. The van der Waals surface area contributed by atoms with Gasteiger partial charge in [0, 0.05) is 19.2 Å². The molecule has 25 heavy (non-hydrogen) atoms. The first-order chi connectivity index (χ1) is 12.0. The van der Waals surface area contributed by atoms with Crippen molar-refractivity contribution in [3.8, 4) is 6.07 Å². The number of anilines is 1. The molecule has 0 aliphatic rings. The van der Waals surface area contributed by atoms with E-state index in [4.69, 9.17) is 10.00 Å². The number of hydrogen-bond acceptors (Lipinski definition) is 8. The summed E-state index contributed by atoms with van der Waals surface area (Å²) in [6, 6.07) is 9.68. The lowest BCUT2D eigenvalue weighted by Crippen LogP contribution is -2.27. The maximum absolute atomic E-state index is 10.8. The summed E-state index contributed by atoms with van der Waals surface area (Å²) >= 11 is 1.16. The number of nitrogens with zero attached hydrogens (tertiary/aromatic N) is 5. The third kappa shape index (κ3) is 5.09. The first kappa shape index (κ1) is 18.5. The zero-order valence-corrected chi connectivity index (χ0v) is 15.2. The maximum atomic E-state index is 10.8. The number of ether oxygens (including phenoxy) is 1. The smallest absolute Gasteiger partial charge is 0.302 e. The van der Waals surface area contributed by atoms with Gasteiger partial charge >= 0.3 is 5.97 Å². The van der Waals surface area contributed by atoms with E-state index >= 15 is 0 Å². The Morgan fingerprint density at radius 2 is 2.08 bits per heavy atom. The summed E-state index contributed by atoms with van der Waals surface area (Å²) in [5.41, 5.74) is 2.84. The standard InChI is InChI=1S/C17H19N5O2S/c1-4-22(9-10-24-13(3)23)15-7-5-14(6-8-15)19-20-17-16(11-18)12(2)21-25-17/h5-8H,4,9-10H2,1-3H3. The van der Waals surface area contributed by atoms with Gasteiger partial charge in [0.25, 0.3) is 0 Å². The predicted molar refractivity (Wildman–Crippen MR) is 96.7 cm³/mol. The molecule has 0 saturated carbocycles. The van der Waals surface area contributed by atoms with Crippen LogP contribution in [0.15, 0.2) is 34.5 Å². The highest BCUT2D eigenvalue weighted by Crippen LogP contribution is 2.29. The summed E-state index contributed by atoms with van der Waals surface area (Å²) in [5.74, 6) is -0.276. The summed E-state index contributed by atoms with van der Waals surface area (Å²) in [5, 5.41) is 17.9. The maximum Gasteiger partial charge on any atom is 0.302 e. The van der Waals surface area contributed by atoms with Crippen LogP contribution in [0.2, 0.25) is 0 Å². The number of benzene rings is 1. The monoisotopic (exact) mass is 357 g/mol. The van der Waals surface area contributed by atoms with Crippen molar-refractivity contribution in [2.24, 2.45) is 10.2 Å². The molecule has 0 aliphatic heterocycles. The Kier molecular flexibility index (Phi) is 6.60. The van der Waals surface area contributed by atoms with E-state index in [9.17, 15) is 4.79 Å². The molecule has 130 valence electrons. The van der Waals surface area contributed by atoms with Crippen molar-refractivity contribution >= 4 is 33.9 Å². The molecule has 0 saturated heterocycles. The fourth-order valence-corrected chi connectivity index (χ4v) is 2.83. The van der Waals surface area contributed by atoms with E-state index in [2.05, 4.69) is 25.6 Å². The van der Waals surface area contributed by atoms with Crippen LogP contribution in [0.4, 0.5) is 16.4 Å². The highest BCUT2D eigenvalue weighted by atomic mass is 32.1. The molecule has 0 spiro atoms. The Bertz CT molecular complexity index is 792. The molecule has 0 radical (unpaired) electrons. The van der Waals surface area contributed by atoms with E-state index in [1.165, 1.54) is 6.92 Å². The minimum atomic E-state index is -0.276. The minimum absolute atomic E-state index is 0.276. The summed E-state index contributed by atoms with van der Waals surface area (Å²) in [7, 11) is 0. The van der Waals surface area contributed by atoms with Crippen LogP contribution in [-0.2, 0) is 9.53 Å². The number of azo groups is 1. The van der Waals surface area contributed by atoms with Crippen molar-refractivity contribution in [1.82, 2.24) is 4.37 Å². The largest absolute Gasteiger partial charge is 0.464 e. The van der Waals surface area contributed by atoms with E-state index in [0.717, 1.165) is 23.8 Å². The van der Waals surface area contributed by atoms with Crippen molar-refractivity contribution in [3.63, 3.8) is 0 Å². The second kappa shape index (κ2) is 8.89. The number of esters is 1. The van der Waals surface area contributed by atoms with Crippen LogP contribution in [-0.4, -0.2) is 30.0 Å². The van der Waals surface area contributed by atoms with Gasteiger partial charge in [-0.3, -0.25) is 4.79 Å². The van der Waals surface area contributed by atoms with Crippen LogP contribution in [0.25, 0.3) is 0 Å². The zero-order chi connectivity index (χ0) is 18.2. The summed E-state index contributed by atoms with van der Waals surface area (Å²) in [6.45, 7) is 7.00. The van der Waals surface area contributed by atoms with Gasteiger partial charge in [0.05, 0.1) is 17.9 Å². The molecule has 0 fully saturated rings. The molecule has 0 bridgehead atoms. The molecule has 8 heteroatoms. The molecule has 0 N–H and O–H groups in total. The predicted octanol–water partition coefficient (Wildman–Crippen LogP) is 4.13. The van der Waals surface area contributed by atoms with Gasteiger partial charge in [-0.25, -0.2) is 0 Å². The number of carbonyl (C=O) groups is 1. The van der Waals surface area contributed by atoms with Crippen LogP contribution in [0, 0.1) is 18.3 Å². The van der Waals surface area contributed by atoms with Crippen molar-refractivity contribution in [2.75, 3.05) is 24.6 Å². The van der Waals surface area contributed by atoms with Crippen LogP contribution < -0.4 is 4.90 Å². The second-order valence-corrected chi connectivity index (χ2v) is 5.95. The van der Waals surface area contributed by atoms with E-state index < -0.39 is 0 Å². The first-order valence-corrected chi connectivity index (χ1v) is 8.59. The topological polar surface area (TPSA) is 90.9 Å². The van der Waals surface area contributed by atoms with Gasteiger partial charge in [0.1, 0.15) is 18.2 Å². The van der Waals surface area contributed by atoms with Crippen molar-refractivity contribution < 1.29 is 9.53 Å². The van der Waals surface area contributed by atoms with Crippen LogP contribution in [0.1, 0.15) is 25.1 Å². The molecule has 2 rings (SSSR count). The van der Waals surface area contributed by atoms with Crippen LogP contribution >= 0.6 is 11.5 Å². The molecule has 2 aromatic rings. The average Bonchev–Trinajstić information content (AvgIpc) is 2.97. The average molecular weight is 357 g/mol. The highest BCUT2D eigenvalue weighted by molar-refractivity contribution is 7.10. The number of nitriles is 1. The molecule has 1 aromatic heterocycles. The fraction of sp³-hybridized carbons (Fsp3) is 0.353. The van der Waals surface area contributed by atoms with E-state index in [-0.39, 0.29) is 5.97 Å². The summed E-state index contributed by atoms with van der Waals surface area (Å²) < 4.78 is 9.10. The third-order valence-corrected chi connectivity index (χ3v) is 4.30. The number of carbonyl (C=O) groups excluding carboxylic acids is 1. The molecule has 0 unspecified atom stereocenters. The van der Waals surface area contributed by atoms with Crippen molar-refractivity contribution in [2.45, 2.75) is 20.8 Å². The van der Waals surface area contributed by atoms with Gasteiger partial charge in [0.15, 0.2) is 5.00 Å². The van der Waals surface area contributed by atoms with E-state index in [1.807, 2.05) is 31.2 Å². The van der Waals surface area contributed by atoms with Gasteiger partial charge < -0.3 is 9.64 Å². The molecule has 1 heterocycles. The second-order valence-electron chi connectivity index (χ2n) is 5.20. The minimum Gasteiger partial charge on any atom is -0.464 e. The molecule has 7 nitrogen and oxygen atoms in total. The lowest BCUT2D eigenvalue weighted by atomic mass is 10.2. The highest BCUT2D eigenvalue weighted by Gasteiger charge is 2.09. The first-order valence-electron chi connectivity index (χ1n) is 7.81. The van der Waals surface area contributed by atoms with Gasteiger partial charge in [-0.05, 0) is 49.6 Å². The Balaban J connectivity index is 2.04. The van der Waals surface area contributed by atoms with Gasteiger partial charge in [-0.15, -0.1) is 10.2 Å². The van der Waals surface area contributed by atoms with Crippen LogP contribution in [0.5, 0.6) is 0 Å². The Morgan fingerprint density at radius 3 is 2.68 bits per heavy atom. The number of rotatable bonds is 7. The third-order valence-electron chi connectivity index (χ3n) is 3.48. The van der Waals surface area contributed by atoms with Gasteiger partial charge in [-0.1, -0.05) is 0 Å². The van der Waals surface area contributed by atoms with E-state index in [1.54, 1.807) is 6.92 Å². The number of likely N-dealkylation sites (N-methyl/N-ethyl adjacent to an activating group) is 1. The molecular formula is C17H19N5O2S. The van der Waals surface area contributed by atoms with Gasteiger partial charge in [0.2, 0.25) is 0 Å². The Hall–Kier alpha value is -2.79. The Labute approximate surface area is 150 Å². The zero-order valence-electron chi connectivity index (χ0n) is 14.4. The number of hydrogen-bond donors (Lipinski definition) is 0. The normalized spacial score (nSPS) is 10.6. The SMILES string of the molecule is CCN(CCOC(C)=O)c1ccc(N=Nc2snc(C)c2C#N)cc1. The summed E-state index contributed by atoms with van der Waals surface area (Å²) in [6.07, 6.45) is 0. The van der Waals surface area contributed by atoms with Crippen molar-refractivity contribution in [3.05, 3.63) is 35.5 Å². The number of aryl methyl sites for hydroxylation is 1. The quantitative estimate of drug-likeness (QED) is 0.549. The molecule has 0 amide bonds. The van der Waals surface area contributed by atoms with Crippen LogP contribution in [0.3, 0.4) is 0 Å². The van der Waals surface area contributed by atoms with Crippen molar-refractivity contribution in [1.29, 1.82) is 5.26 Å². The molecule has 1 aromatic carbocycles.